The van der Waals surface area contributed by atoms with Gasteiger partial charge in [-0.25, -0.2) is 0 Å². The molecule has 1 aliphatic heterocycles. The number of hydrogen-bond donors (Lipinski definition) is 1. The number of hydrogen-bond acceptors (Lipinski definition) is 4. The molecule has 1 aliphatic rings. The molecule has 144 valence electrons. The van der Waals surface area contributed by atoms with Crippen molar-refractivity contribution in [2.45, 2.75) is 26.9 Å². The molecule has 0 aliphatic carbocycles. The van der Waals surface area contributed by atoms with E-state index < -0.39 is 0 Å². The molecule has 28 heavy (non-hydrogen) atoms. The van der Waals surface area contributed by atoms with Crippen LogP contribution in [-0.2, 0) is 0 Å². The summed E-state index contributed by atoms with van der Waals surface area (Å²) in [4.78, 5) is 2.19. The third kappa shape index (κ3) is 3.91. The molecule has 3 aromatic carbocycles. The van der Waals surface area contributed by atoms with Crippen LogP contribution >= 0.6 is 0 Å². The summed E-state index contributed by atoms with van der Waals surface area (Å²) in [5.74, 6) is 2.58. The summed E-state index contributed by atoms with van der Waals surface area (Å²) in [6, 6.07) is 20.5. The van der Waals surface area contributed by atoms with E-state index in [9.17, 15) is 0 Å². The first-order chi connectivity index (χ1) is 13.5. The Morgan fingerprint density at radius 3 is 2.18 bits per heavy atom. The molecule has 0 spiro atoms. The minimum Gasteiger partial charge on any atom is -0.489 e. The minimum atomic E-state index is 0.0766. The van der Waals surface area contributed by atoms with Crippen LogP contribution in [0.2, 0.25) is 0 Å². The number of fused-ring (bicyclic) bond motifs is 1. The summed E-state index contributed by atoms with van der Waals surface area (Å²) in [7, 11) is 2.07. The van der Waals surface area contributed by atoms with Crippen molar-refractivity contribution in [3.05, 3.63) is 77.4 Å². The molecule has 1 heterocycles. The number of anilines is 2. The maximum atomic E-state index is 6.10. The average Bonchev–Trinajstić information content (AvgIpc) is 2.96. The number of ether oxygens (including phenoxy) is 2. The molecule has 3 aromatic rings. The number of benzene rings is 3. The van der Waals surface area contributed by atoms with Gasteiger partial charge in [-0.3, -0.25) is 0 Å². The van der Waals surface area contributed by atoms with Gasteiger partial charge in [-0.05, 0) is 68.3 Å². The Labute approximate surface area is 166 Å². The van der Waals surface area contributed by atoms with Gasteiger partial charge in [0.2, 0.25) is 0 Å². The van der Waals surface area contributed by atoms with E-state index in [4.69, 9.17) is 9.47 Å². The second-order valence-corrected chi connectivity index (χ2v) is 7.50. The maximum absolute atomic E-state index is 6.10. The van der Waals surface area contributed by atoms with Gasteiger partial charge >= 0.3 is 0 Å². The molecule has 0 aromatic heterocycles. The normalized spacial score (nSPS) is 15.1. The maximum Gasteiger partial charge on any atom is 0.134 e. The van der Waals surface area contributed by atoms with E-state index >= 15 is 0 Å². The van der Waals surface area contributed by atoms with Crippen LogP contribution in [0.5, 0.6) is 17.2 Å². The molecule has 4 nitrogen and oxygen atoms in total. The van der Waals surface area contributed by atoms with Gasteiger partial charge in [0.25, 0.3) is 0 Å². The highest BCUT2D eigenvalue weighted by Gasteiger charge is 2.26. The van der Waals surface area contributed by atoms with Crippen LogP contribution in [0, 0.1) is 20.8 Å². The van der Waals surface area contributed by atoms with Crippen molar-refractivity contribution in [2.24, 2.45) is 0 Å². The highest BCUT2D eigenvalue weighted by molar-refractivity contribution is 5.77. The zero-order valence-electron chi connectivity index (χ0n) is 16.8. The van der Waals surface area contributed by atoms with Gasteiger partial charge in [0.1, 0.15) is 30.0 Å². The van der Waals surface area contributed by atoms with Crippen LogP contribution in [0.4, 0.5) is 11.4 Å². The van der Waals surface area contributed by atoms with E-state index in [1.165, 1.54) is 16.7 Å². The lowest BCUT2D eigenvalue weighted by molar-refractivity contribution is 0.298. The van der Waals surface area contributed by atoms with Gasteiger partial charge in [-0.15, -0.1) is 0 Å². The van der Waals surface area contributed by atoms with Crippen LogP contribution in [0.1, 0.15) is 16.7 Å². The summed E-state index contributed by atoms with van der Waals surface area (Å²) in [5.41, 5.74) is 5.82. The molecular formula is C24H26N2O2. The zero-order valence-corrected chi connectivity index (χ0v) is 16.8. The van der Waals surface area contributed by atoms with Crippen LogP contribution < -0.4 is 19.7 Å². The third-order valence-corrected chi connectivity index (χ3v) is 5.00. The minimum absolute atomic E-state index is 0.0766. The Balaban J connectivity index is 1.45. The molecule has 0 radical (unpaired) electrons. The van der Waals surface area contributed by atoms with Gasteiger partial charge < -0.3 is 19.7 Å². The highest BCUT2D eigenvalue weighted by atomic mass is 16.5. The fourth-order valence-corrected chi connectivity index (χ4v) is 3.52. The van der Waals surface area contributed by atoms with Crippen molar-refractivity contribution in [2.75, 3.05) is 23.9 Å². The Hall–Kier alpha value is -3.14. The van der Waals surface area contributed by atoms with E-state index in [2.05, 4.69) is 80.5 Å². The average molecular weight is 374 g/mol. The molecule has 0 amide bonds. The van der Waals surface area contributed by atoms with Crippen molar-refractivity contribution in [1.82, 2.24) is 0 Å². The van der Waals surface area contributed by atoms with Gasteiger partial charge in [-0.2, -0.15) is 0 Å². The van der Waals surface area contributed by atoms with Crippen LogP contribution in [0.15, 0.2) is 60.7 Å². The Bertz CT molecular complexity index is 962. The van der Waals surface area contributed by atoms with Gasteiger partial charge in [0.15, 0.2) is 0 Å². The second kappa shape index (κ2) is 7.47. The number of nitrogens with one attached hydrogen (secondary N) is 1. The lowest BCUT2D eigenvalue weighted by Gasteiger charge is -2.22. The lowest BCUT2D eigenvalue weighted by atomic mass is 10.1. The Kier molecular flexibility index (Phi) is 4.86. The largest absolute Gasteiger partial charge is 0.489 e. The first-order valence-corrected chi connectivity index (χ1v) is 9.57. The SMILES string of the molecule is Cc1ccc(OCC2Nc3ccc(Oc4cc(C)cc(C)c4)cc3N2C)cc1. The monoisotopic (exact) mass is 374 g/mol. The Morgan fingerprint density at radius 2 is 1.46 bits per heavy atom. The first-order valence-electron chi connectivity index (χ1n) is 9.57. The number of rotatable bonds is 5. The quantitative estimate of drug-likeness (QED) is 0.624. The summed E-state index contributed by atoms with van der Waals surface area (Å²) in [6.45, 7) is 6.80. The van der Waals surface area contributed by atoms with Crippen molar-refractivity contribution in [3.63, 3.8) is 0 Å². The summed E-state index contributed by atoms with van der Waals surface area (Å²) in [5, 5.41) is 3.52. The van der Waals surface area contributed by atoms with E-state index in [-0.39, 0.29) is 6.17 Å². The summed E-state index contributed by atoms with van der Waals surface area (Å²) < 4.78 is 12.1. The van der Waals surface area contributed by atoms with E-state index in [1.807, 2.05) is 18.2 Å². The molecule has 0 saturated carbocycles. The molecule has 1 unspecified atom stereocenters. The standard InChI is InChI=1S/C24H26N2O2/c1-16-5-7-19(8-6-16)27-15-24-25-22-10-9-20(14-23(22)26(24)4)28-21-12-17(2)11-18(3)13-21/h5-14,24-25H,15H2,1-4H3. The molecule has 0 fully saturated rings. The number of nitrogens with zero attached hydrogens (tertiary/aromatic N) is 1. The molecule has 1 atom stereocenters. The summed E-state index contributed by atoms with van der Waals surface area (Å²) >= 11 is 0. The molecule has 1 N–H and O–H groups in total. The predicted octanol–water partition coefficient (Wildman–Crippen LogP) is 5.67. The third-order valence-electron chi connectivity index (χ3n) is 5.00. The number of likely N-dealkylation sites (N-methyl/N-ethyl adjacent to an activating group) is 1. The second-order valence-electron chi connectivity index (χ2n) is 7.50. The summed E-state index contributed by atoms with van der Waals surface area (Å²) in [6.07, 6.45) is 0.0766. The van der Waals surface area contributed by atoms with Crippen LogP contribution in [0.25, 0.3) is 0 Å². The van der Waals surface area contributed by atoms with E-state index in [0.29, 0.717) is 6.61 Å². The Morgan fingerprint density at radius 1 is 0.786 bits per heavy atom. The highest BCUT2D eigenvalue weighted by Crippen LogP contribution is 2.38. The van der Waals surface area contributed by atoms with Crippen molar-refractivity contribution < 1.29 is 9.47 Å². The molecule has 0 saturated heterocycles. The molecular weight excluding hydrogens is 348 g/mol. The fourth-order valence-electron chi connectivity index (χ4n) is 3.52. The molecule has 0 bridgehead atoms. The van der Waals surface area contributed by atoms with Crippen LogP contribution in [-0.4, -0.2) is 19.8 Å². The lowest BCUT2D eigenvalue weighted by Crippen LogP contribution is -2.37. The van der Waals surface area contributed by atoms with Crippen molar-refractivity contribution in [1.29, 1.82) is 0 Å². The van der Waals surface area contributed by atoms with Gasteiger partial charge in [0.05, 0.1) is 11.4 Å². The number of aryl methyl sites for hydroxylation is 3. The predicted molar refractivity (Wildman–Crippen MR) is 115 cm³/mol. The van der Waals surface area contributed by atoms with E-state index in [0.717, 1.165) is 28.6 Å². The van der Waals surface area contributed by atoms with Crippen LogP contribution in [0.3, 0.4) is 0 Å². The zero-order chi connectivity index (χ0) is 19.7. The molecule has 4 heteroatoms. The van der Waals surface area contributed by atoms with Gasteiger partial charge in [0, 0.05) is 13.1 Å². The van der Waals surface area contributed by atoms with Crippen molar-refractivity contribution >= 4 is 11.4 Å². The fraction of sp³-hybridized carbons (Fsp3) is 0.250. The molecule has 4 rings (SSSR count). The first kappa shape index (κ1) is 18.2. The smallest absolute Gasteiger partial charge is 0.134 e. The van der Waals surface area contributed by atoms with Crippen molar-refractivity contribution in [3.8, 4) is 17.2 Å². The topological polar surface area (TPSA) is 33.7 Å². The van der Waals surface area contributed by atoms with E-state index in [1.54, 1.807) is 0 Å². The van der Waals surface area contributed by atoms with Gasteiger partial charge in [-0.1, -0.05) is 23.8 Å².